The Morgan fingerprint density at radius 1 is 1.29 bits per heavy atom. The Morgan fingerprint density at radius 2 is 1.93 bits per heavy atom. The van der Waals surface area contributed by atoms with E-state index in [2.05, 4.69) is 10.6 Å². The van der Waals surface area contributed by atoms with Crippen molar-refractivity contribution in [3.8, 4) is 0 Å². The van der Waals surface area contributed by atoms with E-state index in [1.165, 1.54) is 0 Å². The van der Waals surface area contributed by atoms with Crippen molar-refractivity contribution in [1.29, 1.82) is 0 Å². The molecule has 0 radical (unpaired) electrons. The Morgan fingerprint density at radius 3 is 2.64 bits per heavy atom. The summed E-state index contributed by atoms with van der Waals surface area (Å²) < 4.78 is 0. The van der Waals surface area contributed by atoms with Gasteiger partial charge in [0.2, 0.25) is 5.91 Å². The molecule has 0 bridgehead atoms. The van der Waals surface area contributed by atoms with E-state index in [9.17, 15) is 4.79 Å². The van der Waals surface area contributed by atoms with Crippen LogP contribution in [0, 0.1) is 0 Å². The lowest BCUT2D eigenvalue weighted by Gasteiger charge is -2.05. The third-order valence-electron chi connectivity index (χ3n) is 2.03. The molecule has 1 aliphatic heterocycles. The van der Waals surface area contributed by atoms with Gasteiger partial charge in [-0.3, -0.25) is 4.79 Å². The number of amides is 1. The van der Waals surface area contributed by atoms with Gasteiger partial charge < -0.3 is 16.4 Å². The molecule has 0 aromatic heterocycles. The van der Waals surface area contributed by atoms with Crippen molar-refractivity contribution in [2.24, 2.45) is 5.73 Å². The second kappa shape index (κ2) is 4.30. The van der Waals surface area contributed by atoms with Crippen LogP contribution in [0.2, 0.25) is 0 Å². The molecule has 2 rings (SSSR count). The van der Waals surface area contributed by atoms with Crippen LogP contribution in [-0.2, 0) is 4.79 Å². The van der Waals surface area contributed by atoms with Crippen molar-refractivity contribution >= 4 is 29.7 Å². The molecule has 1 aromatic rings. The van der Waals surface area contributed by atoms with Crippen molar-refractivity contribution in [2.45, 2.75) is 6.04 Å². The van der Waals surface area contributed by atoms with E-state index in [-0.39, 0.29) is 18.3 Å². The summed E-state index contributed by atoms with van der Waals surface area (Å²) in [6.07, 6.45) is 0. The number of hydrogen-bond donors (Lipinski definition) is 3. The number of hydrogen-bond acceptors (Lipinski definition) is 3. The van der Waals surface area contributed by atoms with Crippen molar-refractivity contribution in [3.63, 3.8) is 0 Å². The molecule has 1 aromatic carbocycles. The minimum absolute atomic E-state index is 0. The molecule has 4 nitrogen and oxygen atoms in total. The van der Waals surface area contributed by atoms with Crippen LogP contribution in [0.1, 0.15) is 0 Å². The van der Waals surface area contributed by atoms with Gasteiger partial charge in [0.05, 0.1) is 11.4 Å². The zero-order chi connectivity index (χ0) is 9.26. The van der Waals surface area contributed by atoms with Crippen LogP contribution < -0.4 is 16.4 Å². The topological polar surface area (TPSA) is 67.2 Å². The largest absolute Gasteiger partial charge is 0.381 e. The normalized spacial score (nSPS) is 19.5. The van der Waals surface area contributed by atoms with E-state index in [0.29, 0.717) is 6.54 Å². The number of anilines is 2. The van der Waals surface area contributed by atoms with Crippen molar-refractivity contribution in [3.05, 3.63) is 24.3 Å². The van der Waals surface area contributed by atoms with Gasteiger partial charge in [-0.25, -0.2) is 0 Å². The van der Waals surface area contributed by atoms with Gasteiger partial charge in [0.25, 0.3) is 0 Å². The Balaban J connectivity index is 0.000000980. The zero-order valence-electron chi connectivity index (χ0n) is 7.49. The van der Waals surface area contributed by atoms with Crippen LogP contribution in [0.4, 0.5) is 11.4 Å². The average molecular weight is 214 g/mol. The van der Waals surface area contributed by atoms with Gasteiger partial charge in [-0.15, -0.1) is 12.4 Å². The van der Waals surface area contributed by atoms with Crippen molar-refractivity contribution in [1.82, 2.24) is 0 Å². The van der Waals surface area contributed by atoms with Gasteiger partial charge in [0.15, 0.2) is 0 Å². The summed E-state index contributed by atoms with van der Waals surface area (Å²) in [5.41, 5.74) is 7.30. The van der Waals surface area contributed by atoms with Crippen LogP contribution >= 0.6 is 12.4 Å². The summed E-state index contributed by atoms with van der Waals surface area (Å²) in [4.78, 5) is 11.3. The van der Waals surface area contributed by atoms with Gasteiger partial charge >= 0.3 is 0 Å². The van der Waals surface area contributed by atoms with Crippen LogP contribution in [-0.4, -0.2) is 18.5 Å². The highest BCUT2D eigenvalue weighted by molar-refractivity contribution is 5.99. The Bertz CT molecular complexity index is 343. The molecular weight excluding hydrogens is 202 g/mol. The second-order valence-electron chi connectivity index (χ2n) is 3.02. The molecule has 0 spiro atoms. The fourth-order valence-corrected chi connectivity index (χ4v) is 1.28. The molecule has 0 saturated carbocycles. The first kappa shape index (κ1) is 10.8. The van der Waals surface area contributed by atoms with E-state index >= 15 is 0 Å². The van der Waals surface area contributed by atoms with Gasteiger partial charge in [-0.05, 0) is 12.1 Å². The molecule has 0 saturated heterocycles. The predicted molar refractivity (Wildman–Crippen MR) is 58.8 cm³/mol. The SMILES string of the molecule is Cl.NC1CNc2ccccc2NC1=O. The van der Waals surface area contributed by atoms with Crippen LogP contribution in [0.5, 0.6) is 0 Å². The first-order valence-electron chi connectivity index (χ1n) is 4.17. The van der Waals surface area contributed by atoms with E-state index in [1.54, 1.807) is 0 Å². The zero-order valence-corrected chi connectivity index (χ0v) is 8.30. The molecule has 4 N–H and O–H groups in total. The number of halogens is 1. The summed E-state index contributed by atoms with van der Waals surface area (Å²) >= 11 is 0. The number of carbonyl (C=O) groups excluding carboxylic acids is 1. The monoisotopic (exact) mass is 213 g/mol. The first-order chi connectivity index (χ1) is 6.27. The molecule has 5 heteroatoms. The quantitative estimate of drug-likeness (QED) is 0.597. The second-order valence-corrected chi connectivity index (χ2v) is 3.02. The van der Waals surface area contributed by atoms with E-state index in [0.717, 1.165) is 11.4 Å². The lowest BCUT2D eigenvalue weighted by molar-refractivity contribution is -0.117. The van der Waals surface area contributed by atoms with Gasteiger partial charge in [-0.2, -0.15) is 0 Å². The van der Waals surface area contributed by atoms with E-state index in [4.69, 9.17) is 5.73 Å². The highest BCUT2D eigenvalue weighted by Gasteiger charge is 2.18. The first-order valence-corrected chi connectivity index (χ1v) is 4.17. The summed E-state index contributed by atoms with van der Waals surface area (Å²) in [6.45, 7) is 0.475. The Kier molecular flexibility index (Phi) is 3.33. The number of para-hydroxylation sites is 2. The maximum atomic E-state index is 11.3. The Hall–Kier alpha value is -1.26. The minimum atomic E-state index is -0.479. The molecule has 0 fully saturated rings. The third kappa shape index (κ3) is 1.97. The summed E-state index contributed by atoms with van der Waals surface area (Å²) in [5, 5.41) is 5.84. The average Bonchev–Trinajstić information content (AvgIpc) is 2.28. The fourth-order valence-electron chi connectivity index (χ4n) is 1.28. The molecule has 1 amide bonds. The molecule has 76 valence electrons. The lowest BCUT2D eigenvalue weighted by atomic mass is 10.2. The molecule has 1 heterocycles. The number of carbonyl (C=O) groups is 1. The summed E-state index contributed by atoms with van der Waals surface area (Å²) in [5.74, 6) is -0.141. The van der Waals surface area contributed by atoms with E-state index < -0.39 is 6.04 Å². The third-order valence-corrected chi connectivity index (χ3v) is 2.03. The lowest BCUT2D eigenvalue weighted by Crippen LogP contribution is -2.39. The predicted octanol–water partition coefficient (Wildman–Crippen LogP) is 0.800. The maximum absolute atomic E-state index is 11.3. The van der Waals surface area contributed by atoms with Crippen LogP contribution in [0.25, 0.3) is 0 Å². The molecule has 1 aliphatic rings. The summed E-state index contributed by atoms with van der Waals surface area (Å²) in [6, 6.07) is 7.06. The highest BCUT2D eigenvalue weighted by Crippen LogP contribution is 2.22. The number of benzene rings is 1. The standard InChI is InChI=1S/C9H11N3O.ClH/c10-6-5-11-7-3-1-2-4-8(7)12-9(6)13;/h1-4,6,11H,5,10H2,(H,12,13);1H. The maximum Gasteiger partial charge on any atom is 0.243 e. The molecule has 1 unspecified atom stereocenters. The number of fused-ring (bicyclic) bond motifs is 1. The van der Waals surface area contributed by atoms with Crippen molar-refractivity contribution < 1.29 is 4.79 Å². The van der Waals surface area contributed by atoms with Gasteiger partial charge in [0, 0.05) is 6.54 Å². The molecular formula is C9H12ClN3O. The van der Waals surface area contributed by atoms with E-state index in [1.807, 2.05) is 24.3 Å². The molecule has 1 atom stereocenters. The smallest absolute Gasteiger partial charge is 0.243 e. The summed E-state index contributed by atoms with van der Waals surface area (Å²) in [7, 11) is 0. The van der Waals surface area contributed by atoms with Crippen molar-refractivity contribution in [2.75, 3.05) is 17.2 Å². The number of nitrogens with one attached hydrogen (secondary N) is 2. The van der Waals surface area contributed by atoms with Gasteiger partial charge in [-0.1, -0.05) is 12.1 Å². The number of rotatable bonds is 0. The molecule has 0 aliphatic carbocycles. The van der Waals surface area contributed by atoms with Crippen LogP contribution in [0.3, 0.4) is 0 Å². The minimum Gasteiger partial charge on any atom is -0.381 e. The van der Waals surface area contributed by atoms with Crippen LogP contribution in [0.15, 0.2) is 24.3 Å². The fraction of sp³-hybridized carbons (Fsp3) is 0.222. The number of nitrogens with two attached hydrogens (primary N) is 1. The highest BCUT2D eigenvalue weighted by atomic mass is 35.5. The molecule has 14 heavy (non-hydrogen) atoms. The Labute approximate surface area is 88.3 Å². The van der Waals surface area contributed by atoms with Gasteiger partial charge in [0.1, 0.15) is 6.04 Å².